The van der Waals surface area contributed by atoms with Crippen LogP contribution in [-0.2, 0) is 5.75 Å². The van der Waals surface area contributed by atoms with Gasteiger partial charge in [-0.15, -0.1) is 11.3 Å². The maximum absolute atomic E-state index is 5.44. The summed E-state index contributed by atoms with van der Waals surface area (Å²) in [5, 5.41) is 3.01. The monoisotopic (exact) mass is 174 g/mol. The Morgan fingerprint density at radius 2 is 2.60 bits per heavy atom. The maximum atomic E-state index is 5.44. The highest BCUT2D eigenvalue weighted by Crippen LogP contribution is 2.16. The molecular weight excluding hydrogens is 164 g/mol. The van der Waals surface area contributed by atoms with Gasteiger partial charge in [0.25, 0.3) is 0 Å². The van der Waals surface area contributed by atoms with E-state index in [1.807, 2.05) is 17.1 Å². The summed E-state index contributed by atoms with van der Waals surface area (Å²) in [5.41, 5.74) is 5.44. The molecule has 10 heavy (non-hydrogen) atoms. The average molecular weight is 174 g/mol. The first kappa shape index (κ1) is 7.88. The van der Waals surface area contributed by atoms with Gasteiger partial charge in [-0.3, -0.25) is 0 Å². The number of rotatable bonds is 3. The number of nitrogen functional groups attached to an aromatic ring is 1. The fourth-order valence-corrected chi connectivity index (χ4v) is 2.01. The second kappa shape index (κ2) is 3.83. The zero-order chi connectivity index (χ0) is 7.40. The van der Waals surface area contributed by atoms with E-state index in [1.54, 1.807) is 11.3 Å². The molecule has 2 nitrogen and oxygen atoms in total. The molecule has 0 spiro atoms. The van der Waals surface area contributed by atoms with Crippen molar-refractivity contribution in [3.05, 3.63) is 10.4 Å². The zero-order valence-electron chi connectivity index (χ0n) is 5.83. The first-order valence-corrected chi connectivity index (χ1v) is 5.14. The predicted octanol–water partition coefficient (Wildman–Crippen LogP) is 1.98. The van der Waals surface area contributed by atoms with Gasteiger partial charge in [0.2, 0.25) is 0 Å². The third-order valence-corrected chi connectivity index (χ3v) is 2.93. The summed E-state index contributed by atoms with van der Waals surface area (Å²) in [6.45, 7) is 2.14. The molecule has 0 atom stereocenters. The second-order valence-corrected chi connectivity index (χ2v) is 4.02. The molecule has 0 amide bonds. The summed E-state index contributed by atoms with van der Waals surface area (Å²) >= 11 is 3.50. The van der Waals surface area contributed by atoms with E-state index >= 15 is 0 Å². The van der Waals surface area contributed by atoms with Crippen LogP contribution in [0.15, 0.2) is 5.38 Å². The Labute approximate surface area is 68.8 Å². The number of aromatic nitrogens is 1. The van der Waals surface area contributed by atoms with Crippen LogP contribution in [0.25, 0.3) is 0 Å². The highest BCUT2D eigenvalue weighted by atomic mass is 32.2. The first-order valence-electron chi connectivity index (χ1n) is 3.10. The van der Waals surface area contributed by atoms with Crippen molar-refractivity contribution in [2.45, 2.75) is 12.7 Å². The SMILES string of the molecule is CCSCc1nc(N)cs1. The fraction of sp³-hybridized carbons (Fsp3) is 0.500. The molecule has 0 aliphatic carbocycles. The van der Waals surface area contributed by atoms with E-state index in [0.717, 1.165) is 16.5 Å². The van der Waals surface area contributed by atoms with Crippen LogP contribution in [-0.4, -0.2) is 10.7 Å². The number of anilines is 1. The lowest BCUT2D eigenvalue weighted by molar-refractivity contribution is 1.27. The van der Waals surface area contributed by atoms with Crippen LogP contribution in [0, 0.1) is 0 Å². The number of hydrogen-bond acceptors (Lipinski definition) is 4. The Balaban J connectivity index is 2.42. The summed E-state index contributed by atoms with van der Waals surface area (Å²) in [7, 11) is 0. The van der Waals surface area contributed by atoms with Gasteiger partial charge in [0.1, 0.15) is 10.8 Å². The zero-order valence-corrected chi connectivity index (χ0v) is 7.47. The highest BCUT2D eigenvalue weighted by Gasteiger charge is 1.96. The van der Waals surface area contributed by atoms with Gasteiger partial charge in [0, 0.05) is 11.1 Å². The summed E-state index contributed by atoms with van der Waals surface area (Å²) in [6, 6.07) is 0. The van der Waals surface area contributed by atoms with Gasteiger partial charge in [-0.2, -0.15) is 11.8 Å². The Hall–Kier alpha value is -0.220. The van der Waals surface area contributed by atoms with Crippen molar-refractivity contribution in [3.63, 3.8) is 0 Å². The van der Waals surface area contributed by atoms with Crippen LogP contribution in [0.2, 0.25) is 0 Å². The van der Waals surface area contributed by atoms with Crippen molar-refractivity contribution in [2.75, 3.05) is 11.5 Å². The predicted molar refractivity (Wildman–Crippen MR) is 48.4 cm³/mol. The number of thioether (sulfide) groups is 1. The Bertz CT molecular complexity index is 197. The van der Waals surface area contributed by atoms with Crippen molar-refractivity contribution >= 4 is 28.9 Å². The Morgan fingerprint density at radius 3 is 3.10 bits per heavy atom. The summed E-state index contributed by atoms with van der Waals surface area (Å²) in [5.74, 6) is 2.79. The molecule has 0 unspecified atom stereocenters. The van der Waals surface area contributed by atoms with Gasteiger partial charge >= 0.3 is 0 Å². The third-order valence-electron chi connectivity index (χ3n) is 0.999. The Morgan fingerprint density at radius 1 is 1.80 bits per heavy atom. The summed E-state index contributed by atoms with van der Waals surface area (Å²) < 4.78 is 0. The van der Waals surface area contributed by atoms with Crippen LogP contribution >= 0.6 is 23.1 Å². The molecule has 4 heteroatoms. The molecule has 0 bridgehead atoms. The molecule has 1 aromatic heterocycles. The molecule has 1 rings (SSSR count). The first-order chi connectivity index (χ1) is 4.83. The van der Waals surface area contributed by atoms with Gasteiger partial charge in [-0.1, -0.05) is 6.92 Å². The van der Waals surface area contributed by atoms with E-state index in [-0.39, 0.29) is 0 Å². The van der Waals surface area contributed by atoms with Crippen LogP contribution in [0.1, 0.15) is 11.9 Å². The largest absolute Gasteiger partial charge is 0.383 e. The molecular formula is C6H10N2S2. The molecule has 2 N–H and O–H groups in total. The van der Waals surface area contributed by atoms with Gasteiger partial charge in [0.15, 0.2) is 0 Å². The smallest absolute Gasteiger partial charge is 0.134 e. The van der Waals surface area contributed by atoms with E-state index in [4.69, 9.17) is 5.73 Å². The fourth-order valence-electron chi connectivity index (χ4n) is 0.581. The topological polar surface area (TPSA) is 38.9 Å². The van der Waals surface area contributed by atoms with Gasteiger partial charge in [-0.25, -0.2) is 4.98 Å². The lowest BCUT2D eigenvalue weighted by Gasteiger charge is -1.90. The maximum Gasteiger partial charge on any atom is 0.134 e. The van der Waals surface area contributed by atoms with Crippen molar-refractivity contribution in [2.24, 2.45) is 0 Å². The van der Waals surface area contributed by atoms with Gasteiger partial charge < -0.3 is 5.73 Å². The summed E-state index contributed by atoms with van der Waals surface area (Å²) in [6.07, 6.45) is 0. The summed E-state index contributed by atoms with van der Waals surface area (Å²) in [4.78, 5) is 4.12. The quantitative estimate of drug-likeness (QED) is 0.761. The molecule has 0 aromatic carbocycles. The van der Waals surface area contributed by atoms with E-state index in [1.165, 1.54) is 0 Å². The molecule has 1 heterocycles. The minimum atomic E-state index is 0.650. The van der Waals surface area contributed by atoms with Crippen molar-refractivity contribution in [1.82, 2.24) is 4.98 Å². The van der Waals surface area contributed by atoms with E-state index in [9.17, 15) is 0 Å². The van der Waals surface area contributed by atoms with Gasteiger partial charge in [0.05, 0.1) is 0 Å². The number of hydrogen-bond donors (Lipinski definition) is 1. The lowest BCUT2D eigenvalue weighted by Crippen LogP contribution is -1.84. The molecule has 1 aromatic rings. The van der Waals surface area contributed by atoms with Gasteiger partial charge in [-0.05, 0) is 5.75 Å². The van der Waals surface area contributed by atoms with Crippen molar-refractivity contribution in [1.29, 1.82) is 0 Å². The number of nitrogens with zero attached hydrogens (tertiary/aromatic N) is 1. The minimum absolute atomic E-state index is 0.650. The molecule has 0 saturated carbocycles. The van der Waals surface area contributed by atoms with Crippen molar-refractivity contribution < 1.29 is 0 Å². The van der Waals surface area contributed by atoms with Crippen LogP contribution < -0.4 is 5.73 Å². The second-order valence-electron chi connectivity index (χ2n) is 1.80. The molecule has 0 saturated heterocycles. The molecule has 0 aliphatic rings. The lowest BCUT2D eigenvalue weighted by atomic mass is 10.8. The minimum Gasteiger partial charge on any atom is -0.383 e. The van der Waals surface area contributed by atoms with Crippen molar-refractivity contribution in [3.8, 4) is 0 Å². The highest BCUT2D eigenvalue weighted by molar-refractivity contribution is 7.98. The average Bonchev–Trinajstić information content (AvgIpc) is 2.31. The normalized spacial score (nSPS) is 10.1. The third kappa shape index (κ3) is 2.19. The van der Waals surface area contributed by atoms with E-state index in [0.29, 0.717) is 5.82 Å². The molecule has 0 radical (unpaired) electrons. The molecule has 0 aliphatic heterocycles. The molecule has 0 fully saturated rings. The van der Waals surface area contributed by atoms with Crippen LogP contribution in [0.5, 0.6) is 0 Å². The van der Waals surface area contributed by atoms with E-state index in [2.05, 4.69) is 11.9 Å². The number of nitrogens with two attached hydrogens (primary N) is 1. The standard InChI is InChI=1S/C6H10N2S2/c1-2-9-4-6-8-5(7)3-10-6/h3H,2,4,7H2,1H3. The Kier molecular flexibility index (Phi) is 3.02. The van der Waals surface area contributed by atoms with E-state index < -0.39 is 0 Å². The van der Waals surface area contributed by atoms with Crippen LogP contribution in [0.3, 0.4) is 0 Å². The molecule has 56 valence electrons. The number of thiazole rings is 1. The van der Waals surface area contributed by atoms with Crippen LogP contribution in [0.4, 0.5) is 5.82 Å².